The van der Waals surface area contributed by atoms with E-state index in [0.717, 1.165) is 15.8 Å². The molecular weight excluding hydrogens is 384 g/mol. The normalized spacial score (nSPS) is 12.6. The Kier molecular flexibility index (Phi) is 4.49. The molecule has 6 nitrogen and oxygen atoms in total. The Morgan fingerprint density at radius 1 is 1.26 bits per heavy atom. The summed E-state index contributed by atoms with van der Waals surface area (Å²) in [5, 5.41) is 9.86. The van der Waals surface area contributed by atoms with Gasteiger partial charge >= 0.3 is 0 Å². The lowest BCUT2D eigenvalue weighted by molar-refractivity contribution is -0.124. The number of aromatic nitrogens is 3. The number of aryl methyl sites for hydroxylation is 1. The summed E-state index contributed by atoms with van der Waals surface area (Å²) in [6, 6.07) is 10.3. The van der Waals surface area contributed by atoms with Crippen LogP contribution >= 0.6 is 22.9 Å². The zero-order chi connectivity index (χ0) is 19.1. The highest BCUT2D eigenvalue weighted by Gasteiger charge is 2.21. The Bertz CT molecular complexity index is 1210. The summed E-state index contributed by atoms with van der Waals surface area (Å²) in [7, 11) is 0. The van der Waals surface area contributed by atoms with Crippen molar-refractivity contribution in [2.45, 2.75) is 26.4 Å². The Labute approximate surface area is 164 Å². The molecule has 138 valence electrons. The summed E-state index contributed by atoms with van der Waals surface area (Å²) in [5.41, 5.74) is 2.14. The Morgan fingerprint density at radius 3 is 2.74 bits per heavy atom. The summed E-state index contributed by atoms with van der Waals surface area (Å²) >= 11 is 7.44. The molecule has 0 aliphatic rings. The molecule has 1 amide bonds. The van der Waals surface area contributed by atoms with E-state index in [1.807, 2.05) is 41.0 Å². The summed E-state index contributed by atoms with van der Waals surface area (Å²) in [4.78, 5) is 25.5. The van der Waals surface area contributed by atoms with Crippen LogP contribution in [0.4, 0.5) is 0 Å². The van der Waals surface area contributed by atoms with E-state index in [0.29, 0.717) is 22.9 Å². The third-order valence-electron chi connectivity index (χ3n) is 4.55. The number of benzene rings is 1. The van der Waals surface area contributed by atoms with Gasteiger partial charge in [0, 0.05) is 11.6 Å². The maximum absolute atomic E-state index is 12.9. The fraction of sp³-hybridized carbons (Fsp3) is 0.211. The molecule has 0 aliphatic carbocycles. The van der Waals surface area contributed by atoms with Crippen LogP contribution < -0.4 is 10.9 Å². The van der Waals surface area contributed by atoms with Crippen LogP contribution in [0.1, 0.15) is 24.4 Å². The van der Waals surface area contributed by atoms with Crippen molar-refractivity contribution >= 4 is 44.6 Å². The second-order valence-electron chi connectivity index (χ2n) is 6.35. The summed E-state index contributed by atoms with van der Waals surface area (Å²) in [6.45, 7) is 3.86. The highest BCUT2D eigenvalue weighted by molar-refractivity contribution is 7.17. The molecule has 1 atom stereocenters. The van der Waals surface area contributed by atoms with Gasteiger partial charge < -0.3 is 5.32 Å². The van der Waals surface area contributed by atoms with Gasteiger partial charge in [0.25, 0.3) is 5.56 Å². The minimum atomic E-state index is -0.721. The van der Waals surface area contributed by atoms with Crippen LogP contribution in [0.5, 0.6) is 0 Å². The number of hydrogen-bond donors (Lipinski definition) is 1. The van der Waals surface area contributed by atoms with Gasteiger partial charge in [0.1, 0.15) is 17.4 Å². The van der Waals surface area contributed by atoms with Gasteiger partial charge in [-0.1, -0.05) is 23.7 Å². The molecule has 1 N–H and O–H groups in total. The maximum atomic E-state index is 12.9. The van der Waals surface area contributed by atoms with Gasteiger partial charge in [0.15, 0.2) is 0 Å². The quantitative estimate of drug-likeness (QED) is 0.569. The largest absolute Gasteiger partial charge is 0.350 e. The fourth-order valence-corrected chi connectivity index (χ4v) is 4.04. The van der Waals surface area contributed by atoms with E-state index in [1.165, 1.54) is 4.68 Å². The predicted molar refractivity (Wildman–Crippen MR) is 108 cm³/mol. The number of amides is 1. The van der Waals surface area contributed by atoms with Crippen LogP contribution in [0.3, 0.4) is 0 Å². The summed E-state index contributed by atoms with van der Waals surface area (Å²) in [5.74, 6) is 0.395. The molecule has 1 aromatic carbocycles. The number of fused-ring (bicyclic) bond motifs is 3. The molecule has 3 aromatic heterocycles. The van der Waals surface area contributed by atoms with Crippen LogP contribution in [0, 0.1) is 6.92 Å². The second kappa shape index (κ2) is 6.83. The van der Waals surface area contributed by atoms with E-state index in [4.69, 9.17) is 11.6 Å². The number of halogens is 1. The van der Waals surface area contributed by atoms with Gasteiger partial charge in [0.2, 0.25) is 5.91 Å². The van der Waals surface area contributed by atoms with Crippen molar-refractivity contribution in [3.05, 3.63) is 68.5 Å². The molecule has 0 fully saturated rings. The Morgan fingerprint density at radius 2 is 2.00 bits per heavy atom. The highest BCUT2D eigenvalue weighted by atomic mass is 35.5. The molecule has 0 bridgehead atoms. The Balaban J connectivity index is 1.62. The summed E-state index contributed by atoms with van der Waals surface area (Å²) < 4.78 is 4.11. The van der Waals surface area contributed by atoms with E-state index in [-0.39, 0.29) is 11.5 Å². The van der Waals surface area contributed by atoms with Gasteiger partial charge in [0.05, 0.1) is 10.2 Å². The number of carbonyl (C=O) groups is 1. The van der Waals surface area contributed by atoms with Crippen molar-refractivity contribution in [1.82, 2.24) is 19.5 Å². The van der Waals surface area contributed by atoms with Gasteiger partial charge in [-0.2, -0.15) is 5.10 Å². The van der Waals surface area contributed by atoms with E-state index in [2.05, 4.69) is 10.4 Å². The molecular formula is C19H17ClN4O2S. The minimum Gasteiger partial charge on any atom is -0.350 e. The average molecular weight is 401 g/mol. The van der Waals surface area contributed by atoms with Crippen molar-refractivity contribution in [2.24, 2.45) is 0 Å². The topological polar surface area (TPSA) is 68.4 Å². The number of hydrogen-bond acceptors (Lipinski definition) is 4. The van der Waals surface area contributed by atoms with Gasteiger partial charge in [-0.05, 0) is 49.1 Å². The zero-order valence-electron chi connectivity index (χ0n) is 14.8. The van der Waals surface area contributed by atoms with E-state index in [1.54, 1.807) is 30.4 Å². The third-order valence-corrected chi connectivity index (χ3v) is 5.66. The molecule has 0 saturated carbocycles. The lowest BCUT2D eigenvalue weighted by Gasteiger charge is -2.15. The molecule has 4 rings (SSSR count). The molecule has 8 heteroatoms. The fourth-order valence-electron chi connectivity index (χ4n) is 3.11. The molecule has 3 heterocycles. The first-order chi connectivity index (χ1) is 13.0. The lowest BCUT2D eigenvalue weighted by atomic mass is 10.2. The summed E-state index contributed by atoms with van der Waals surface area (Å²) in [6.07, 6.45) is 0. The molecule has 0 radical (unpaired) electrons. The van der Waals surface area contributed by atoms with Gasteiger partial charge in [-0.25, -0.2) is 4.68 Å². The monoisotopic (exact) mass is 400 g/mol. The smallest absolute Gasteiger partial charge is 0.291 e. The van der Waals surface area contributed by atoms with E-state index in [9.17, 15) is 9.59 Å². The van der Waals surface area contributed by atoms with Gasteiger partial charge in [-0.3, -0.25) is 14.0 Å². The first-order valence-corrected chi connectivity index (χ1v) is 9.71. The van der Waals surface area contributed by atoms with Crippen molar-refractivity contribution < 1.29 is 4.79 Å². The van der Waals surface area contributed by atoms with Crippen LogP contribution in [-0.2, 0) is 11.3 Å². The van der Waals surface area contributed by atoms with Crippen molar-refractivity contribution in [1.29, 1.82) is 0 Å². The average Bonchev–Trinajstić information content (AvgIpc) is 3.24. The molecule has 0 unspecified atom stereocenters. The molecule has 0 spiro atoms. The van der Waals surface area contributed by atoms with Crippen LogP contribution in [-0.4, -0.2) is 20.1 Å². The Hall–Kier alpha value is -2.64. The number of nitrogens with one attached hydrogen (secondary N) is 1. The third kappa shape index (κ3) is 3.13. The van der Waals surface area contributed by atoms with Crippen LogP contribution in [0.15, 0.2) is 46.6 Å². The first kappa shape index (κ1) is 17.8. The highest BCUT2D eigenvalue weighted by Crippen LogP contribution is 2.24. The zero-order valence-corrected chi connectivity index (χ0v) is 16.3. The van der Waals surface area contributed by atoms with Crippen molar-refractivity contribution in [3.63, 3.8) is 0 Å². The molecule has 0 aliphatic heterocycles. The van der Waals surface area contributed by atoms with Crippen LogP contribution in [0.2, 0.25) is 5.02 Å². The second-order valence-corrected chi connectivity index (χ2v) is 7.74. The van der Waals surface area contributed by atoms with Gasteiger partial charge in [-0.15, -0.1) is 11.3 Å². The van der Waals surface area contributed by atoms with Crippen molar-refractivity contribution in [2.75, 3.05) is 0 Å². The minimum absolute atomic E-state index is 0.267. The SMILES string of the molecule is Cc1nn([C@H](C)C(=O)NCc2ccc(Cl)cc2)c(=O)c2cc3sccc3n12. The molecule has 27 heavy (non-hydrogen) atoms. The number of rotatable bonds is 4. The van der Waals surface area contributed by atoms with Crippen LogP contribution in [0.25, 0.3) is 15.7 Å². The van der Waals surface area contributed by atoms with E-state index < -0.39 is 6.04 Å². The number of thiophene rings is 1. The maximum Gasteiger partial charge on any atom is 0.291 e. The molecule has 4 aromatic rings. The first-order valence-electron chi connectivity index (χ1n) is 8.46. The lowest BCUT2D eigenvalue weighted by Crippen LogP contribution is -2.38. The number of nitrogens with zero attached hydrogens (tertiary/aromatic N) is 3. The predicted octanol–water partition coefficient (Wildman–Crippen LogP) is 3.55. The van der Waals surface area contributed by atoms with Crippen molar-refractivity contribution in [3.8, 4) is 0 Å². The molecule has 0 saturated heterocycles. The number of carbonyl (C=O) groups excluding carboxylic acids is 1. The standard InChI is InChI=1S/C19H17ClN4O2S/c1-11(18(25)21-10-13-3-5-14(20)6-4-13)24-19(26)16-9-17-15(7-8-27-17)23(16)12(2)22-24/h3-9,11H,10H2,1-2H3,(H,21,25)/t11-/m1/s1. The van der Waals surface area contributed by atoms with E-state index >= 15 is 0 Å².